The molecule has 2 nitrogen and oxygen atoms in total. The molecule has 0 spiro atoms. The van der Waals surface area contributed by atoms with Crippen LogP contribution in [0.15, 0.2) is 135 Å². The summed E-state index contributed by atoms with van der Waals surface area (Å²) in [6, 6.07) is 21.6. The van der Waals surface area contributed by atoms with Gasteiger partial charge in [-0.3, -0.25) is 4.98 Å². The molecule has 1 aliphatic rings. The van der Waals surface area contributed by atoms with Crippen molar-refractivity contribution in [1.29, 1.82) is 0 Å². The van der Waals surface area contributed by atoms with Gasteiger partial charge in [-0.25, -0.2) is 0 Å². The van der Waals surface area contributed by atoms with Gasteiger partial charge in [-0.1, -0.05) is 116 Å². The number of pyridine rings is 1. The van der Waals surface area contributed by atoms with Gasteiger partial charge in [0.15, 0.2) is 0 Å². The van der Waals surface area contributed by atoms with Crippen LogP contribution >= 0.6 is 0 Å². The Hall–Kier alpha value is -5.91. The molecule has 2 aromatic carbocycles. The molecule has 0 aliphatic heterocycles. The van der Waals surface area contributed by atoms with E-state index in [-0.39, 0.29) is 5.92 Å². The van der Waals surface area contributed by atoms with E-state index < -0.39 is 0 Å². The second-order valence-corrected chi connectivity index (χ2v) is 11.6. The maximum absolute atomic E-state index is 5.61. The fourth-order valence-electron chi connectivity index (χ4n) is 6.72. The maximum Gasteiger partial charge on any atom is 0.0543 e. The van der Waals surface area contributed by atoms with Gasteiger partial charge in [-0.05, 0) is 109 Å². The molecule has 1 atom stereocenters. The summed E-state index contributed by atoms with van der Waals surface area (Å²) in [4.78, 5) is 4.76. The fourth-order valence-corrected chi connectivity index (χ4v) is 6.72. The van der Waals surface area contributed by atoms with E-state index in [0.717, 1.165) is 50.6 Å². The van der Waals surface area contributed by atoms with Crippen LogP contribution in [0.2, 0.25) is 0 Å². The Morgan fingerprint density at radius 1 is 0.938 bits per heavy atom. The zero-order chi connectivity index (χ0) is 34.2. The maximum atomic E-state index is 5.61. The number of terminal acetylenes is 1. The molecule has 2 aromatic heterocycles. The molecule has 2 heteroatoms. The predicted octanol–water partition coefficient (Wildman–Crippen LogP) is 12.1. The lowest BCUT2D eigenvalue weighted by Crippen LogP contribution is -2.02. The van der Waals surface area contributed by atoms with E-state index in [9.17, 15) is 0 Å². The fraction of sp³-hybridized carbons (Fsp3) is 0.109. The molecule has 0 radical (unpaired) electrons. The van der Waals surface area contributed by atoms with Crippen LogP contribution < -0.4 is 0 Å². The van der Waals surface area contributed by atoms with E-state index >= 15 is 0 Å². The average molecular weight is 623 g/mol. The van der Waals surface area contributed by atoms with Gasteiger partial charge in [0.2, 0.25) is 0 Å². The van der Waals surface area contributed by atoms with Crippen molar-refractivity contribution in [2.45, 2.75) is 33.6 Å². The van der Waals surface area contributed by atoms with E-state index in [0.29, 0.717) is 0 Å². The van der Waals surface area contributed by atoms with E-state index in [1.807, 2.05) is 62.6 Å². The molecule has 0 bridgehead atoms. The van der Waals surface area contributed by atoms with Crippen molar-refractivity contribution in [2.75, 3.05) is 0 Å². The summed E-state index contributed by atoms with van der Waals surface area (Å²) in [6.07, 6.45) is 29.5. The molecule has 5 rings (SSSR count). The van der Waals surface area contributed by atoms with Gasteiger partial charge in [-0.15, -0.1) is 6.42 Å². The number of allylic oxidation sites excluding steroid dienone is 11. The molecule has 2 heterocycles. The van der Waals surface area contributed by atoms with Crippen LogP contribution in [-0.2, 0) is 0 Å². The summed E-state index contributed by atoms with van der Waals surface area (Å²) in [7, 11) is 0. The van der Waals surface area contributed by atoms with Gasteiger partial charge < -0.3 is 4.57 Å². The SMILES string of the molecule is C#C/C=C\C(=C/C)n1c(C=C)c(/C=C\C)c(C=C)c1/C=C(\C)c1cccc(-c2cccc3c2C(/C=C\C=C)=C(C)C3c2ccccn2)c1. The second-order valence-electron chi connectivity index (χ2n) is 11.6. The molecule has 0 saturated carbocycles. The molecule has 0 saturated heterocycles. The highest BCUT2D eigenvalue weighted by Crippen LogP contribution is 2.49. The first-order valence-electron chi connectivity index (χ1n) is 16.2. The van der Waals surface area contributed by atoms with E-state index in [4.69, 9.17) is 11.4 Å². The van der Waals surface area contributed by atoms with E-state index in [1.165, 1.54) is 27.8 Å². The molecule has 1 aliphatic carbocycles. The highest BCUT2D eigenvalue weighted by atomic mass is 15.0. The zero-order valence-electron chi connectivity index (χ0n) is 28.4. The van der Waals surface area contributed by atoms with Gasteiger partial charge in [0.25, 0.3) is 0 Å². The summed E-state index contributed by atoms with van der Waals surface area (Å²) in [5, 5.41) is 0. The van der Waals surface area contributed by atoms with Crippen LogP contribution in [0.5, 0.6) is 0 Å². The van der Waals surface area contributed by atoms with Crippen molar-refractivity contribution >= 4 is 41.1 Å². The Morgan fingerprint density at radius 2 is 1.75 bits per heavy atom. The van der Waals surface area contributed by atoms with Crippen LogP contribution in [-0.4, -0.2) is 9.55 Å². The summed E-state index contributed by atoms with van der Waals surface area (Å²) < 4.78 is 2.20. The second kappa shape index (κ2) is 15.1. The Labute approximate surface area is 286 Å². The molecule has 48 heavy (non-hydrogen) atoms. The molecule has 1 unspecified atom stereocenters. The average Bonchev–Trinajstić information content (AvgIpc) is 3.57. The van der Waals surface area contributed by atoms with Gasteiger partial charge in [0.1, 0.15) is 0 Å². The number of benzene rings is 2. The minimum absolute atomic E-state index is 0.0929. The Morgan fingerprint density at radius 3 is 2.42 bits per heavy atom. The summed E-state index contributed by atoms with van der Waals surface area (Å²) in [5.41, 5.74) is 15.7. The standard InChI is InChI=1S/C46H42N2/c1-9-15-24-36(12-4)48-43(14-6)40(21-11-3)37(13-5)44(48)30-32(7)34-22-19-23-35(31-34)39-26-20-27-41-45(42-28-17-18-29-47-42)33(8)38(46(39)41)25-16-10-2/h1,10-31,45H,2,5-6H2,3-4,7-8H3/b21-11-,24-15-,25-16-,32-30+,36-12+. The molecule has 236 valence electrons. The van der Waals surface area contributed by atoms with Crippen molar-refractivity contribution in [3.05, 3.63) is 180 Å². The van der Waals surface area contributed by atoms with Crippen LogP contribution in [0, 0.1) is 12.3 Å². The Balaban J connectivity index is 1.69. The number of hydrogen-bond donors (Lipinski definition) is 0. The van der Waals surface area contributed by atoms with Crippen molar-refractivity contribution in [2.24, 2.45) is 0 Å². The highest BCUT2D eigenvalue weighted by molar-refractivity contribution is 5.95. The molecular formula is C46H42N2. The first-order valence-corrected chi connectivity index (χ1v) is 16.2. The Bertz CT molecular complexity index is 2110. The van der Waals surface area contributed by atoms with Gasteiger partial charge in [-0.2, -0.15) is 0 Å². The molecular weight excluding hydrogens is 581 g/mol. The number of nitrogens with zero attached hydrogens (tertiary/aromatic N) is 2. The van der Waals surface area contributed by atoms with Crippen molar-refractivity contribution < 1.29 is 0 Å². The van der Waals surface area contributed by atoms with Crippen molar-refractivity contribution in [3.63, 3.8) is 0 Å². The summed E-state index contributed by atoms with van der Waals surface area (Å²) >= 11 is 0. The van der Waals surface area contributed by atoms with Gasteiger partial charge >= 0.3 is 0 Å². The van der Waals surface area contributed by atoms with Crippen molar-refractivity contribution in [1.82, 2.24) is 9.55 Å². The number of rotatable bonds is 11. The normalized spacial score (nSPS) is 15.0. The first-order chi connectivity index (χ1) is 23.4. The largest absolute Gasteiger partial charge is 0.310 e. The minimum atomic E-state index is 0.0929. The third kappa shape index (κ3) is 6.24. The van der Waals surface area contributed by atoms with E-state index in [2.05, 4.69) is 123 Å². The minimum Gasteiger partial charge on any atom is -0.310 e. The molecule has 4 aromatic rings. The van der Waals surface area contributed by atoms with E-state index in [1.54, 1.807) is 6.08 Å². The zero-order valence-corrected chi connectivity index (χ0v) is 28.4. The summed E-state index contributed by atoms with van der Waals surface area (Å²) in [5.74, 6) is 2.72. The van der Waals surface area contributed by atoms with Crippen LogP contribution in [0.25, 0.3) is 52.3 Å². The topological polar surface area (TPSA) is 17.8 Å². The number of aromatic nitrogens is 2. The smallest absolute Gasteiger partial charge is 0.0543 e. The quantitative estimate of drug-likeness (QED) is 0.120. The lowest BCUT2D eigenvalue weighted by molar-refractivity contribution is 0.917. The summed E-state index contributed by atoms with van der Waals surface area (Å²) in [6.45, 7) is 20.7. The highest BCUT2D eigenvalue weighted by Gasteiger charge is 2.31. The molecule has 0 fully saturated rings. The van der Waals surface area contributed by atoms with Gasteiger partial charge in [0, 0.05) is 28.9 Å². The van der Waals surface area contributed by atoms with Crippen LogP contribution in [0.3, 0.4) is 0 Å². The van der Waals surface area contributed by atoms with Crippen LogP contribution in [0.1, 0.15) is 78.5 Å². The predicted molar refractivity (Wildman–Crippen MR) is 211 cm³/mol. The third-order valence-electron chi connectivity index (χ3n) is 8.86. The molecule has 0 N–H and O–H groups in total. The van der Waals surface area contributed by atoms with Crippen molar-refractivity contribution in [3.8, 4) is 23.5 Å². The van der Waals surface area contributed by atoms with Crippen LogP contribution in [0.4, 0.5) is 0 Å². The van der Waals surface area contributed by atoms with Gasteiger partial charge in [0.05, 0.1) is 17.1 Å². The first kappa shape index (κ1) is 33.5. The lowest BCUT2D eigenvalue weighted by atomic mass is 9.89. The third-order valence-corrected chi connectivity index (χ3v) is 8.86. The number of hydrogen-bond acceptors (Lipinski definition) is 1. The monoisotopic (exact) mass is 622 g/mol. The molecule has 0 amide bonds. The Kier molecular flexibility index (Phi) is 10.5. The number of fused-ring (bicyclic) bond motifs is 1. The lowest BCUT2D eigenvalue weighted by Gasteiger charge is -2.16.